The Morgan fingerprint density at radius 2 is 1.48 bits per heavy atom. The fraction of sp³-hybridized carbons (Fsp3) is 0.188. The molecule has 23 heavy (non-hydrogen) atoms. The molecule has 4 nitrogen and oxygen atoms in total. The molecule has 0 bridgehead atoms. The van der Waals surface area contributed by atoms with Crippen LogP contribution in [0, 0.1) is 11.3 Å². The van der Waals surface area contributed by atoms with Gasteiger partial charge in [-0.15, -0.1) is 0 Å². The van der Waals surface area contributed by atoms with Crippen molar-refractivity contribution < 1.29 is 8.42 Å². The molecular formula is C16H12Cl2N2O2S. The number of nitriles is 1. The van der Waals surface area contributed by atoms with Crippen LogP contribution in [0.2, 0.25) is 10.0 Å². The van der Waals surface area contributed by atoms with Gasteiger partial charge in [0, 0.05) is 16.0 Å². The van der Waals surface area contributed by atoms with E-state index in [-0.39, 0.29) is 4.90 Å². The largest absolute Gasteiger partial charge is 0.312 e. The van der Waals surface area contributed by atoms with Crippen LogP contribution in [0.5, 0.6) is 0 Å². The average molecular weight is 367 g/mol. The van der Waals surface area contributed by atoms with E-state index in [0.717, 1.165) is 0 Å². The van der Waals surface area contributed by atoms with Crippen molar-refractivity contribution in [2.24, 2.45) is 5.73 Å². The zero-order valence-corrected chi connectivity index (χ0v) is 14.1. The number of hydrogen-bond acceptors (Lipinski definition) is 4. The summed E-state index contributed by atoms with van der Waals surface area (Å²) >= 11 is 11.6. The number of halogens is 2. The topological polar surface area (TPSA) is 83.9 Å². The first kappa shape index (κ1) is 16.3. The van der Waals surface area contributed by atoms with Gasteiger partial charge in [-0.25, -0.2) is 8.42 Å². The van der Waals surface area contributed by atoms with Gasteiger partial charge in [-0.05, 0) is 42.0 Å². The van der Waals surface area contributed by atoms with Gasteiger partial charge in [0.1, 0.15) is 10.8 Å². The molecule has 3 atom stereocenters. The van der Waals surface area contributed by atoms with Crippen molar-refractivity contribution >= 4 is 33.0 Å². The number of nitrogens with zero attached hydrogens (tertiary/aromatic N) is 1. The molecule has 0 spiro atoms. The van der Waals surface area contributed by atoms with Crippen LogP contribution in [-0.2, 0) is 9.84 Å². The molecule has 1 aliphatic rings. The summed E-state index contributed by atoms with van der Waals surface area (Å²) in [4.78, 5) is 0.105. The molecular weight excluding hydrogens is 355 g/mol. The van der Waals surface area contributed by atoms with E-state index < -0.39 is 26.5 Å². The Labute approximate surface area is 144 Å². The van der Waals surface area contributed by atoms with E-state index in [1.54, 1.807) is 24.3 Å². The smallest absolute Gasteiger partial charge is 0.184 e. The van der Waals surface area contributed by atoms with E-state index in [1.165, 1.54) is 24.3 Å². The number of benzene rings is 2. The predicted molar refractivity (Wildman–Crippen MR) is 89.2 cm³/mol. The zero-order valence-electron chi connectivity index (χ0n) is 11.8. The Kier molecular flexibility index (Phi) is 3.89. The third-order valence-electron chi connectivity index (χ3n) is 4.08. The van der Waals surface area contributed by atoms with Gasteiger partial charge in [0.05, 0.1) is 11.0 Å². The maximum absolute atomic E-state index is 12.8. The Balaban J connectivity index is 2.03. The maximum atomic E-state index is 12.8. The van der Waals surface area contributed by atoms with Gasteiger partial charge in [-0.3, -0.25) is 0 Å². The van der Waals surface area contributed by atoms with Crippen molar-refractivity contribution in [2.75, 3.05) is 0 Å². The van der Waals surface area contributed by atoms with Crippen LogP contribution in [0.15, 0.2) is 53.4 Å². The van der Waals surface area contributed by atoms with E-state index in [0.29, 0.717) is 15.6 Å². The van der Waals surface area contributed by atoms with Gasteiger partial charge in [-0.2, -0.15) is 5.26 Å². The lowest BCUT2D eigenvalue weighted by Crippen LogP contribution is -2.29. The molecule has 0 heterocycles. The Morgan fingerprint density at radius 3 is 1.96 bits per heavy atom. The van der Waals surface area contributed by atoms with Gasteiger partial charge in [0.2, 0.25) is 0 Å². The minimum atomic E-state index is -3.75. The molecule has 3 unspecified atom stereocenters. The molecule has 2 aromatic rings. The van der Waals surface area contributed by atoms with Crippen molar-refractivity contribution in [1.82, 2.24) is 0 Å². The minimum Gasteiger partial charge on any atom is -0.312 e. The van der Waals surface area contributed by atoms with Gasteiger partial charge < -0.3 is 5.73 Å². The number of sulfone groups is 1. The highest BCUT2D eigenvalue weighted by Gasteiger charge is 2.70. The minimum absolute atomic E-state index is 0.105. The van der Waals surface area contributed by atoms with Crippen LogP contribution in [0.4, 0.5) is 0 Å². The van der Waals surface area contributed by atoms with Crippen molar-refractivity contribution in [1.29, 1.82) is 5.26 Å². The molecule has 2 aromatic carbocycles. The molecule has 1 aliphatic carbocycles. The van der Waals surface area contributed by atoms with Crippen LogP contribution in [0.3, 0.4) is 0 Å². The molecule has 0 amide bonds. The molecule has 7 heteroatoms. The Morgan fingerprint density at radius 1 is 1.00 bits per heavy atom. The average Bonchev–Trinajstić information content (AvgIpc) is 3.16. The first-order chi connectivity index (χ1) is 10.8. The summed E-state index contributed by atoms with van der Waals surface area (Å²) in [6.07, 6.45) is 0. The predicted octanol–water partition coefficient (Wildman–Crippen LogP) is 3.15. The standard InChI is InChI=1S/C16H12Cl2N2O2S/c17-11-3-1-10(2-4-11)14-15(16(14,20)9-19)23(21,22)13-7-5-12(18)6-8-13/h1-8,14-15H,20H2. The fourth-order valence-corrected chi connectivity index (χ4v) is 5.27. The quantitative estimate of drug-likeness (QED) is 0.903. The summed E-state index contributed by atoms with van der Waals surface area (Å²) in [6.45, 7) is 0. The molecule has 0 aliphatic heterocycles. The van der Waals surface area contributed by atoms with E-state index in [1.807, 2.05) is 6.07 Å². The Hall–Kier alpha value is -1.58. The normalized spacial score (nSPS) is 26.5. The second-order valence-electron chi connectivity index (χ2n) is 5.49. The lowest BCUT2D eigenvalue weighted by molar-refractivity contribution is 0.592. The van der Waals surface area contributed by atoms with Crippen LogP contribution < -0.4 is 5.73 Å². The van der Waals surface area contributed by atoms with Gasteiger partial charge in [0.15, 0.2) is 9.84 Å². The van der Waals surface area contributed by atoms with Crippen molar-refractivity contribution in [2.45, 2.75) is 21.6 Å². The molecule has 0 aromatic heterocycles. The number of nitrogens with two attached hydrogens (primary N) is 1. The summed E-state index contributed by atoms with van der Waals surface area (Å²) in [5.74, 6) is -0.592. The third-order valence-corrected chi connectivity index (χ3v) is 6.84. The molecule has 3 rings (SSSR count). The second kappa shape index (κ2) is 5.50. The van der Waals surface area contributed by atoms with Crippen molar-refractivity contribution in [3.05, 3.63) is 64.1 Å². The number of hydrogen-bond donors (Lipinski definition) is 1. The highest BCUT2D eigenvalue weighted by atomic mass is 35.5. The molecule has 118 valence electrons. The van der Waals surface area contributed by atoms with Crippen LogP contribution in [0.1, 0.15) is 11.5 Å². The SMILES string of the molecule is N#CC1(N)C(c2ccc(Cl)cc2)C1S(=O)(=O)c1ccc(Cl)cc1. The van der Waals surface area contributed by atoms with E-state index >= 15 is 0 Å². The van der Waals surface area contributed by atoms with Crippen LogP contribution >= 0.6 is 23.2 Å². The molecule has 0 saturated heterocycles. The fourth-order valence-electron chi connectivity index (χ4n) is 2.83. The van der Waals surface area contributed by atoms with Crippen LogP contribution in [-0.4, -0.2) is 19.2 Å². The van der Waals surface area contributed by atoms with Crippen molar-refractivity contribution in [3.8, 4) is 6.07 Å². The molecule has 1 fully saturated rings. The highest BCUT2D eigenvalue weighted by Crippen LogP contribution is 2.55. The zero-order chi connectivity index (χ0) is 16.8. The number of rotatable bonds is 3. The highest BCUT2D eigenvalue weighted by molar-refractivity contribution is 7.92. The summed E-state index contributed by atoms with van der Waals surface area (Å²) in [6, 6.07) is 14.5. The van der Waals surface area contributed by atoms with E-state index in [9.17, 15) is 13.7 Å². The summed E-state index contributed by atoms with van der Waals surface area (Å²) in [5, 5.41) is 9.36. The molecule has 2 N–H and O–H groups in total. The lowest BCUT2D eigenvalue weighted by Gasteiger charge is -2.04. The maximum Gasteiger partial charge on any atom is 0.184 e. The molecule has 1 saturated carbocycles. The lowest BCUT2D eigenvalue weighted by atomic mass is 10.1. The summed E-state index contributed by atoms with van der Waals surface area (Å²) < 4.78 is 25.7. The summed E-state index contributed by atoms with van der Waals surface area (Å²) in [5.41, 5.74) is 5.29. The first-order valence-electron chi connectivity index (χ1n) is 6.76. The van der Waals surface area contributed by atoms with Crippen molar-refractivity contribution in [3.63, 3.8) is 0 Å². The van der Waals surface area contributed by atoms with E-state index in [4.69, 9.17) is 28.9 Å². The van der Waals surface area contributed by atoms with Gasteiger partial charge in [-0.1, -0.05) is 35.3 Å². The van der Waals surface area contributed by atoms with Gasteiger partial charge >= 0.3 is 0 Å². The monoisotopic (exact) mass is 366 g/mol. The first-order valence-corrected chi connectivity index (χ1v) is 9.06. The van der Waals surface area contributed by atoms with Gasteiger partial charge in [0.25, 0.3) is 0 Å². The Bertz CT molecular complexity index is 889. The second-order valence-corrected chi connectivity index (χ2v) is 8.44. The van der Waals surface area contributed by atoms with Crippen LogP contribution in [0.25, 0.3) is 0 Å². The third kappa shape index (κ3) is 2.62. The molecule has 0 radical (unpaired) electrons. The van der Waals surface area contributed by atoms with E-state index in [2.05, 4.69) is 0 Å². The summed E-state index contributed by atoms with van der Waals surface area (Å²) in [7, 11) is -3.75.